The maximum atomic E-state index is 11.6. The number of hydrogen-bond acceptors (Lipinski definition) is 4. The van der Waals surface area contributed by atoms with E-state index in [0.29, 0.717) is 13.0 Å². The number of amides is 1. The van der Waals surface area contributed by atoms with Crippen LogP contribution in [0.2, 0.25) is 0 Å². The summed E-state index contributed by atoms with van der Waals surface area (Å²) in [5.74, 6) is -0.0363. The molecule has 15 heavy (non-hydrogen) atoms. The summed E-state index contributed by atoms with van der Waals surface area (Å²) in [5, 5.41) is 4.77. The molecule has 0 bridgehead atoms. The Morgan fingerprint density at radius 2 is 2.53 bits per heavy atom. The molecule has 0 saturated carbocycles. The van der Waals surface area contributed by atoms with Crippen molar-refractivity contribution in [2.24, 2.45) is 11.7 Å². The number of aromatic nitrogens is 1. The molecule has 0 aliphatic heterocycles. The second-order valence-corrected chi connectivity index (χ2v) is 4.31. The number of thiazole rings is 1. The standard InChI is InChI=1S/C10H13N3OS/c11-8-2-1-7(3-8)10(14)12-4-9-5-15-6-13-9/h1-2,5-8H,3-4,11H2,(H,12,14). The Kier molecular flexibility index (Phi) is 3.13. The molecule has 2 atom stereocenters. The predicted octanol–water partition coefficient (Wildman–Crippen LogP) is 0.663. The molecular weight excluding hydrogens is 210 g/mol. The van der Waals surface area contributed by atoms with Crippen LogP contribution in [0.5, 0.6) is 0 Å². The van der Waals surface area contributed by atoms with Crippen molar-refractivity contribution in [3.05, 3.63) is 28.7 Å². The molecule has 4 nitrogen and oxygen atoms in total. The summed E-state index contributed by atoms with van der Waals surface area (Å²) in [6, 6.07) is 0.0278. The molecule has 1 heterocycles. The highest BCUT2D eigenvalue weighted by Crippen LogP contribution is 2.16. The SMILES string of the molecule is NC1C=CC(C(=O)NCc2cscn2)C1. The maximum absolute atomic E-state index is 11.6. The number of nitrogens with one attached hydrogen (secondary N) is 1. The summed E-state index contributed by atoms with van der Waals surface area (Å²) >= 11 is 1.53. The van der Waals surface area contributed by atoms with Crippen molar-refractivity contribution in [3.63, 3.8) is 0 Å². The fourth-order valence-electron chi connectivity index (χ4n) is 1.56. The lowest BCUT2D eigenvalue weighted by Crippen LogP contribution is -2.30. The second-order valence-electron chi connectivity index (χ2n) is 3.59. The molecule has 5 heteroatoms. The average Bonchev–Trinajstić information content (AvgIpc) is 2.84. The molecule has 80 valence electrons. The predicted molar refractivity (Wildman–Crippen MR) is 59.2 cm³/mol. The number of carbonyl (C=O) groups excluding carboxylic acids is 1. The van der Waals surface area contributed by atoms with E-state index in [4.69, 9.17) is 5.73 Å². The second kappa shape index (κ2) is 4.55. The highest BCUT2D eigenvalue weighted by molar-refractivity contribution is 7.07. The van der Waals surface area contributed by atoms with Gasteiger partial charge in [-0.3, -0.25) is 4.79 Å². The van der Waals surface area contributed by atoms with Crippen LogP contribution in [0.4, 0.5) is 0 Å². The Hall–Kier alpha value is -1.20. The van der Waals surface area contributed by atoms with Crippen LogP contribution in [0.25, 0.3) is 0 Å². The zero-order chi connectivity index (χ0) is 10.7. The molecule has 1 aliphatic rings. The third-order valence-electron chi connectivity index (χ3n) is 2.38. The van der Waals surface area contributed by atoms with Crippen LogP contribution in [-0.2, 0) is 11.3 Å². The van der Waals surface area contributed by atoms with Crippen molar-refractivity contribution in [1.82, 2.24) is 10.3 Å². The van der Waals surface area contributed by atoms with E-state index in [2.05, 4.69) is 10.3 Å². The third kappa shape index (κ3) is 2.64. The van der Waals surface area contributed by atoms with Gasteiger partial charge in [-0.15, -0.1) is 11.3 Å². The first-order valence-electron chi connectivity index (χ1n) is 4.84. The van der Waals surface area contributed by atoms with Crippen molar-refractivity contribution in [2.75, 3.05) is 0 Å². The minimum Gasteiger partial charge on any atom is -0.350 e. The minimum absolute atomic E-state index is 0.0278. The van der Waals surface area contributed by atoms with Crippen LogP contribution >= 0.6 is 11.3 Å². The number of carbonyl (C=O) groups is 1. The lowest BCUT2D eigenvalue weighted by atomic mass is 10.1. The van der Waals surface area contributed by atoms with Crippen LogP contribution in [-0.4, -0.2) is 16.9 Å². The molecular formula is C10H13N3OS. The summed E-state index contributed by atoms with van der Waals surface area (Å²) in [6.45, 7) is 0.502. The summed E-state index contributed by atoms with van der Waals surface area (Å²) in [5.41, 5.74) is 8.34. The van der Waals surface area contributed by atoms with Gasteiger partial charge in [0.2, 0.25) is 5.91 Å². The smallest absolute Gasteiger partial charge is 0.227 e. The van der Waals surface area contributed by atoms with Gasteiger partial charge < -0.3 is 11.1 Å². The fourth-order valence-corrected chi connectivity index (χ4v) is 2.11. The van der Waals surface area contributed by atoms with Crippen LogP contribution in [0, 0.1) is 5.92 Å². The summed E-state index contributed by atoms with van der Waals surface area (Å²) in [6.07, 6.45) is 4.47. The Morgan fingerprint density at radius 1 is 1.67 bits per heavy atom. The first-order valence-corrected chi connectivity index (χ1v) is 5.78. The monoisotopic (exact) mass is 223 g/mol. The number of hydrogen-bond donors (Lipinski definition) is 2. The topological polar surface area (TPSA) is 68.0 Å². The largest absolute Gasteiger partial charge is 0.350 e. The molecule has 2 rings (SSSR count). The van der Waals surface area contributed by atoms with Crippen molar-refractivity contribution in [1.29, 1.82) is 0 Å². The van der Waals surface area contributed by atoms with Gasteiger partial charge >= 0.3 is 0 Å². The molecule has 0 fully saturated rings. The van der Waals surface area contributed by atoms with Crippen LogP contribution in [0.1, 0.15) is 12.1 Å². The van der Waals surface area contributed by atoms with Crippen molar-refractivity contribution in [2.45, 2.75) is 19.0 Å². The van der Waals surface area contributed by atoms with Crippen LogP contribution < -0.4 is 11.1 Å². The first kappa shape index (κ1) is 10.3. The van der Waals surface area contributed by atoms with Crippen molar-refractivity contribution in [3.8, 4) is 0 Å². The van der Waals surface area contributed by atoms with E-state index in [0.717, 1.165) is 5.69 Å². The molecule has 3 N–H and O–H groups in total. The van der Waals surface area contributed by atoms with Gasteiger partial charge in [0, 0.05) is 11.4 Å². The molecule has 2 unspecified atom stereocenters. The van der Waals surface area contributed by atoms with Crippen molar-refractivity contribution >= 4 is 17.2 Å². The third-order valence-corrected chi connectivity index (χ3v) is 3.02. The van der Waals surface area contributed by atoms with Gasteiger partial charge in [-0.1, -0.05) is 12.2 Å². The zero-order valence-corrected chi connectivity index (χ0v) is 9.04. The summed E-state index contributed by atoms with van der Waals surface area (Å²) < 4.78 is 0. The zero-order valence-electron chi connectivity index (χ0n) is 8.22. The van der Waals surface area contributed by atoms with Gasteiger partial charge in [0.15, 0.2) is 0 Å². The Labute approximate surface area is 92.2 Å². The van der Waals surface area contributed by atoms with Gasteiger partial charge in [-0.2, -0.15) is 0 Å². The van der Waals surface area contributed by atoms with Gasteiger partial charge in [0.25, 0.3) is 0 Å². The number of rotatable bonds is 3. The summed E-state index contributed by atoms with van der Waals surface area (Å²) in [4.78, 5) is 15.7. The van der Waals surface area contributed by atoms with E-state index in [1.165, 1.54) is 11.3 Å². The molecule has 0 saturated heterocycles. The van der Waals surface area contributed by atoms with E-state index < -0.39 is 0 Å². The van der Waals surface area contributed by atoms with E-state index in [9.17, 15) is 4.79 Å². The van der Waals surface area contributed by atoms with E-state index >= 15 is 0 Å². The van der Waals surface area contributed by atoms with Gasteiger partial charge in [-0.05, 0) is 6.42 Å². The molecule has 1 aromatic rings. The highest BCUT2D eigenvalue weighted by atomic mass is 32.1. The number of nitrogens with two attached hydrogens (primary N) is 1. The molecule has 0 spiro atoms. The van der Waals surface area contributed by atoms with E-state index in [1.807, 2.05) is 17.5 Å². The Bertz CT molecular complexity index is 361. The molecule has 0 radical (unpaired) electrons. The minimum atomic E-state index is -0.0707. The molecule has 1 aromatic heterocycles. The maximum Gasteiger partial charge on any atom is 0.227 e. The summed E-state index contributed by atoms with van der Waals surface area (Å²) in [7, 11) is 0. The Balaban J connectivity index is 1.81. The van der Waals surface area contributed by atoms with Gasteiger partial charge in [-0.25, -0.2) is 4.98 Å². The van der Waals surface area contributed by atoms with Gasteiger partial charge in [0.1, 0.15) is 0 Å². The van der Waals surface area contributed by atoms with Gasteiger partial charge in [0.05, 0.1) is 23.7 Å². The number of nitrogens with zero attached hydrogens (tertiary/aromatic N) is 1. The normalized spacial score (nSPS) is 24.3. The molecule has 0 aromatic carbocycles. The lowest BCUT2D eigenvalue weighted by molar-refractivity contribution is -0.123. The molecule has 1 aliphatic carbocycles. The fraction of sp³-hybridized carbons (Fsp3) is 0.400. The average molecular weight is 223 g/mol. The lowest BCUT2D eigenvalue weighted by Gasteiger charge is -2.09. The van der Waals surface area contributed by atoms with Crippen molar-refractivity contribution < 1.29 is 4.79 Å². The highest BCUT2D eigenvalue weighted by Gasteiger charge is 2.22. The first-order chi connectivity index (χ1) is 7.25. The molecule has 1 amide bonds. The van der Waals surface area contributed by atoms with E-state index in [-0.39, 0.29) is 17.9 Å². The van der Waals surface area contributed by atoms with Crippen LogP contribution in [0.3, 0.4) is 0 Å². The van der Waals surface area contributed by atoms with Crippen LogP contribution in [0.15, 0.2) is 23.0 Å². The van der Waals surface area contributed by atoms with E-state index in [1.54, 1.807) is 5.51 Å². The Morgan fingerprint density at radius 3 is 3.13 bits per heavy atom. The quantitative estimate of drug-likeness (QED) is 0.740.